The fraction of sp³-hybridized carbons (Fsp3) is 0.286. The quantitative estimate of drug-likeness (QED) is 0.559. The first kappa shape index (κ1) is 6.70. The summed E-state index contributed by atoms with van der Waals surface area (Å²) < 4.78 is 1.06. The molecular formula is C7H6S3. The first-order valence-corrected chi connectivity index (χ1v) is 5.10. The minimum absolute atomic E-state index is 1.06. The number of hydrogen-bond acceptors (Lipinski definition) is 3. The van der Waals surface area contributed by atoms with Crippen LogP contribution in [0.15, 0.2) is 5.57 Å². The van der Waals surface area contributed by atoms with Gasteiger partial charge in [0, 0.05) is 16.2 Å². The number of fused-ring (bicyclic) bond motifs is 1. The number of rotatable bonds is 0. The smallest absolute Gasteiger partial charge is 0.117 e. The Balaban J connectivity index is 2.63. The minimum atomic E-state index is 1.06. The van der Waals surface area contributed by atoms with Crippen LogP contribution in [0.3, 0.4) is 0 Å². The molecule has 1 aliphatic rings. The summed E-state index contributed by atoms with van der Waals surface area (Å²) in [6.07, 6.45) is 3.37. The van der Waals surface area contributed by atoms with Gasteiger partial charge in [0.05, 0.1) is 0 Å². The van der Waals surface area contributed by atoms with E-state index in [9.17, 15) is 0 Å². The van der Waals surface area contributed by atoms with Gasteiger partial charge >= 0.3 is 0 Å². The normalized spacial score (nSPS) is 15.1. The molecule has 0 fully saturated rings. The van der Waals surface area contributed by atoms with Crippen LogP contribution >= 0.6 is 34.9 Å². The van der Waals surface area contributed by atoms with Crippen molar-refractivity contribution in [3.63, 3.8) is 0 Å². The second-order valence-electron chi connectivity index (χ2n) is 2.41. The Bertz CT molecular complexity index is 340. The zero-order chi connectivity index (χ0) is 7.14. The van der Waals surface area contributed by atoms with Crippen molar-refractivity contribution < 1.29 is 0 Å². The zero-order valence-electron chi connectivity index (χ0n) is 5.51. The first-order chi connectivity index (χ1) is 4.75. The maximum atomic E-state index is 5.07. The Morgan fingerprint density at radius 3 is 3.00 bits per heavy atom. The van der Waals surface area contributed by atoms with Gasteiger partial charge in [-0.3, -0.25) is 0 Å². The average molecular weight is 186 g/mol. The van der Waals surface area contributed by atoms with E-state index in [1.807, 2.05) is 0 Å². The second kappa shape index (κ2) is 2.26. The predicted molar refractivity (Wildman–Crippen MR) is 50.4 cm³/mol. The van der Waals surface area contributed by atoms with Gasteiger partial charge in [-0.15, -0.1) is 22.7 Å². The highest BCUT2D eigenvalue weighted by molar-refractivity contribution is 7.76. The third-order valence-electron chi connectivity index (χ3n) is 1.49. The second-order valence-corrected chi connectivity index (χ2v) is 5.75. The molecule has 0 radical (unpaired) electrons. The molecule has 0 spiro atoms. The van der Waals surface area contributed by atoms with E-state index in [-0.39, 0.29) is 0 Å². The van der Waals surface area contributed by atoms with Gasteiger partial charge in [-0.2, -0.15) is 0 Å². The van der Waals surface area contributed by atoms with Crippen molar-refractivity contribution >= 4 is 41.0 Å². The Kier molecular flexibility index (Phi) is 1.51. The molecule has 3 heteroatoms. The number of allylic oxidation sites excluding steroid dienone is 1. The molecule has 1 heterocycles. The largest absolute Gasteiger partial charge is 0.144 e. The van der Waals surface area contributed by atoms with Crippen molar-refractivity contribution in [2.75, 3.05) is 0 Å². The molecule has 0 nitrogen and oxygen atoms in total. The molecule has 0 N–H and O–H groups in total. The molecule has 0 aromatic carbocycles. The molecule has 0 unspecified atom stereocenters. The standard InChI is InChI=1S/C7H6S3/c1-4-2-5-6(3-4)10-7(8)9-5/h2H,3H2,1H3. The lowest BCUT2D eigenvalue weighted by Gasteiger charge is -1.84. The molecule has 10 heavy (non-hydrogen) atoms. The molecule has 0 bridgehead atoms. The molecule has 1 aromatic rings. The van der Waals surface area contributed by atoms with Crippen molar-refractivity contribution in [2.45, 2.75) is 13.3 Å². The topological polar surface area (TPSA) is 0 Å². The van der Waals surface area contributed by atoms with E-state index < -0.39 is 0 Å². The van der Waals surface area contributed by atoms with Crippen LogP contribution in [0.5, 0.6) is 0 Å². The van der Waals surface area contributed by atoms with Crippen molar-refractivity contribution in [3.05, 3.63) is 18.5 Å². The predicted octanol–water partition coefficient (Wildman–Crippen LogP) is 3.50. The van der Waals surface area contributed by atoms with Crippen molar-refractivity contribution in [2.24, 2.45) is 0 Å². The first-order valence-electron chi connectivity index (χ1n) is 3.06. The van der Waals surface area contributed by atoms with E-state index in [2.05, 4.69) is 13.0 Å². The summed E-state index contributed by atoms with van der Waals surface area (Å²) in [7, 11) is 0. The lowest BCUT2D eigenvalue weighted by atomic mass is 10.3. The van der Waals surface area contributed by atoms with E-state index in [1.165, 1.54) is 15.3 Å². The molecule has 0 saturated heterocycles. The fourth-order valence-corrected chi connectivity index (χ4v) is 3.92. The lowest BCUT2D eigenvalue weighted by molar-refractivity contribution is 1.24. The fourth-order valence-electron chi connectivity index (χ4n) is 1.08. The van der Waals surface area contributed by atoms with Gasteiger partial charge < -0.3 is 0 Å². The summed E-state index contributed by atoms with van der Waals surface area (Å²) in [4.78, 5) is 2.86. The molecule has 2 rings (SSSR count). The molecule has 52 valence electrons. The molecular weight excluding hydrogens is 180 g/mol. The molecule has 1 aliphatic carbocycles. The van der Waals surface area contributed by atoms with Crippen molar-refractivity contribution in [1.29, 1.82) is 0 Å². The van der Waals surface area contributed by atoms with Crippen LogP contribution in [0.2, 0.25) is 0 Å². The summed E-state index contributed by atoms with van der Waals surface area (Å²) >= 11 is 8.57. The Morgan fingerprint density at radius 2 is 2.30 bits per heavy atom. The SMILES string of the molecule is CC1=Cc2sc(=S)sc2C1. The van der Waals surface area contributed by atoms with Crippen LogP contribution in [-0.2, 0) is 6.42 Å². The molecule has 0 aliphatic heterocycles. The van der Waals surface area contributed by atoms with Gasteiger partial charge in [0.15, 0.2) is 0 Å². The minimum Gasteiger partial charge on any atom is -0.117 e. The Hall–Kier alpha value is 0.01000. The molecule has 0 saturated carbocycles. The number of hydrogen-bond donors (Lipinski definition) is 0. The van der Waals surface area contributed by atoms with Gasteiger partial charge in [0.2, 0.25) is 0 Å². The van der Waals surface area contributed by atoms with E-state index in [0.717, 1.165) is 9.56 Å². The summed E-state index contributed by atoms with van der Waals surface area (Å²) in [6.45, 7) is 2.17. The summed E-state index contributed by atoms with van der Waals surface area (Å²) in [5.41, 5.74) is 1.47. The third-order valence-corrected chi connectivity index (χ3v) is 4.15. The van der Waals surface area contributed by atoms with Gasteiger partial charge in [0.25, 0.3) is 0 Å². The molecule has 1 aromatic heterocycles. The van der Waals surface area contributed by atoms with Crippen molar-refractivity contribution in [1.82, 2.24) is 0 Å². The van der Waals surface area contributed by atoms with Gasteiger partial charge in [0.1, 0.15) is 3.14 Å². The highest BCUT2D eigenvalue weighted by Crippen LogP contribution is 2.34. The third kappa shape index (κ3) is 0.983. The van der Waals surface area contributed by atoms with Crippen LogP contribution in [-0.4, -0.2) is 0 Å². The summed E-state index contributed by atoms with van der Waals surface area (Å²) in [6, 6.07) is 0. The van der Waals surface area contributed by atoms with Crippen LogP contribution in [0.1, 0.15) is 16.7 Å². The van der Waals surface area contributed by atoms with E-state index in [4.69, 9.17) is 12.2 Å². The van der Waals surface area contributed by atoms with Crippen LogP contribution in [0.25, 0.3) is 6.08 Å². The Labute approximate surface area is 72.8 Å². The maximum Gasteiger partial charge on any atom is 0.144 e. The van der Waals surface area contributed by atoms with Gasteiger partial charge in [-0.05, 0) is 13.0 Å². The van der Waals surface area contributed by atoms with Gasteiger partial charge in [-0.25, -0.2) is 0 Å². The average Bonchev–Trinajstić information content (AvgIpc) is 2.21. The summed E-state index contributed by atoms with van der Waals surface area (Å²) in [5.74, 6) is 0. The highest BCUT2D eigenvalue weighted by Gasteiger charge is 2.11. The highest BCUT2D eigenvalue weighted by atomic mass is 32.2. The van der Waals surface area contributed by atoms with Crippen LogP contribution < -0.4 is 0 Å². The zero-order valence-corrected chi connectivity index (χ0v) is 7.96. The van der Waals surface area contributed by atoms with E-state index >= 15 is 0 Å². The summed E-state index contributed by atoms with van der Waals surface area (Å²) in [5, 5.41) is 0. The van der Waals surface area contributed by atoms with Crippen LogP contribution in [0, 0.1) is 3.14 Å². The molecule has 0 atom stereocenters. The van der Waals surface area contributed by atoms with Crippen molar-refractivity contribution in [3.8, 4) is 0 Å². The van der Waals surface area contributed by atoms with E-state index in [0.29, 0.717) is 0 Å². The monoisotopic (exact) mass is 186 g/mol. The van der Waals surface area contributed by atoms with Gasteiger partial charge in [-0.1, -0.05) is 17.8 Å². The van der Waals surface area contributed by atoms with Crippen LogP contribution in [0.4, 0.5) is 0 Å². The molecule has 0 amide bonds. The Morgan fingerprint density at radius 1 is 1.50 bits per heavy atom. The maximum absolute atomic E-state index is 5.07. The lowest BCUT2D eigenvalue weighted by Crippen LogP contribution is -1.71. The van der Waals surface area contributed by atoms with E-state index in [1.54, 1.807) is 22.7 Å².